The first-order valence-electron chi connectivity index (χ1n) is 4.94. The first-order valence-corrected chi connectivity index (χ1v) is 6.60. The molecule has 0 saturated carbocycles. The van der Waals surface area contributed by atoms with Crippen molar-refractivity contribution in [1.82, 2.24) is 4.72 Å². The van der Waals surface area contributed by atoms with Crippen molar-refractivity contribution < 1.29 is 18.3 Å². The average Bonchev–Trinajstić information content (AvgIpc) is 2.00. The van der Waals surface area contributed by atoms with Crippen molar-refractivity contribution in [3.63, 3.8) is 0 Å². The van der Waals surface area contributed by atoms with Crippen molar-refractivity contribution in [3.8, 4) is 0 Å². The van der Waals surface area contributed by atoms with Crippen molar-refractivity contribution in [2.75, 3.05) is 12.3 Å². The minimum absolute atomic E-state index is 0.0689. The number of nitrogens with one attached hydrogen (secondary N) is 1. The van der Waals surface area contributed by atoms with Crippen LogP contribution in [0.2, 0.25) is 0 Å². The Kier molecular flexibility index (Phi) is 5.82. The summed E-state index contributed by atoms with van der Waals surface area (Å²) in [5.74, 6) is -1.28. The molecule has 2 N–H and O–H groups in total. The van der Waals surface area contributed by atoms with Crippen molar-refractivity contribution in [1.29, 1.82) is 0 Å². The van der Waals surface area contributed by atoms with E-state index in [2.05, 4.69) is 4.72 Å². The molecule has 0 aromatic rings. The van der Waals surface area contributed by atoms with Crippen LogP contribution >= 0.6 is 0 Å². The van der Waals surface area contributed by atoms with E-state index in [-0.39, 0.29) is 18.2 Å². The van der Waals surface area contributed by atoms with Crippen LogP contribution in [0.1, 0.15) is 27.2 Å². The van der Waals surface area contributed by atoms with Crippen molar-refractivity contribution >= 4 is 16.0 Å². The summed E-state index contributed by atoms with van der Waals surface area (Å²) in [6.07, 6.45) is 0.312. The fourth-order valence-electron chi connectivity index (χ4n) is 1.05. The molecule has 90 valence electrons. The Hall–Kier alpha value is -0.620. The van der Waals surface area contributed by atoms with Crippen LogP contribution in [0.4, 0.5) is 0 Å². The van der Waals surface area contributed by atoms with Crippen LogP contribution in [-0.2, 0) is 14.8 Å². The number of aliphatic carboxylic acids is 1. The molecular weight excluding hydrogens is 218 g/mol. The Morgan fingerprint density at radius 2 is 1.87 bits per heavy atom. The molecule has 5 nitrogen and oxygen atoms in total. The van der Waals surface area contributed by atoms with Gasteiger partial charge in [0.1, 0.15) is 0 Å². The molecule has 0 radical (unpaired) electrons. The summed E-state index contributed by atoms with van der Waals surface area (Å²) in [6, 6.07) is 0. The van der Waals surface area contributed by atoms with Crippen LogP contribution in [0.25, 0.3) is 0 Å². The van der Waals surface area contributed by atoms with Crippen LogP contribution in [0.5, 0.6) is 0 Å². The molecule has 15 heavy (non-hydrogen) atoms. The van der Waals surface area contributed by atoms with E-state index in [9.17, 15) is 13.2 Å². The third kappa shape index (κ3) is 7.33. The molecule has 0 amide bonds. The Morgan fingerprint density at radius 1 is 1.33 bits per heavy atom. The lowest BCUT2D eigenvalue weighted by Gasteiger charge is -2.10. The van der Waals surface area contributed by atoms with E-state index in [4.69, 9.17) is 5.11 Å². The first kappa shape index (κ1) is 14.4. The zero-order chi connectivity index (χ0) is 12.1. The molecule has 0 aliphatic carbocycles. The normalized spacial score (nSPS) is 14.1. The molecule has 0 aromatic carbocycles. The molecular formula is C9H19NO4S. The lowest BCUT2D eigenvalue weighted by atomic mass is 10.1. The highest BCUT2D eigenvalue weighted by Gasteiger charge is 2.14. The highest BCUT2D eigenvalue weighted by Crippen LogP contribution is 2.02. The predicted octanol–water partition coefficient (Wildman–Crippen LogP) is 0.673. The second kappa shape index (κ2) is 6.07. The smallest absolute Gasteiger partial charge is 0.306 e. The first-order chi connectivity index (χ1) is 6.74. The van der Waals surface area contributed by atoms with Crippen LogP contribution in [0, 0.1) is 11.8 Å². The summed E-state index contributed by atoms with van der Waals surface area (Å²) in [4.78, 5) is 10.5. The molecule has 0 bridgehead atoms. The van der Waals surface area contributed by atoms with Gasteiger partial charge in [-0.3, -0.25) is 4.79 Å². The zero-order valence-electron chi connectivity index (χ0n) is 9.36. The molecule has 0 rings (SSSR count). The van der Waals surface area contributed by atoms with Gasteiger partial charge < -0.3 is 5.11 Å². The van der Waals surface area contributed by atoms with Crippen molar-refractivity contribution in [3.05, 3.63) is 0 Å². The summed E-state index contributed by atoms with van der Waals surface area (Å²) in [5.41, 5.74) is 0. The Bertz CT molecular complexity index is 297. The highest BCUT2D eigenvalue weighted by molar-refractivity contribution is 7.89. The molecule has 6 heteroatoms. The minimum Gasteiger partial charge on any atom is -0.481 e. The predicted molar refractivity (Wildman–Crippen MR) is 58.0 cm³/mol. The van der Waals surface area contributed by atoms with Gasteiger partial charge in [-0.05, 0) is 12.3 Å². The fraction of sp³-hybridized carbons (Fsp3) is 0.889. The monoisotopic (exact) mass is 237 g/mol. The molecule has 0 spiro atoms. The zero-order valence-corrected chi connectivity index (χ0v) is 10.2. The Balaban J connectivity index is 3.91. The van der Waals surface area contributed by atoms with Gasteiger partial charge in [-0.25, -0.2) is 13.1 Å². The molecule has 0 aromatic heterocycles. The second-order valence-corrected chi connectivity index (χ2v) is 5.95. The van der Waals surface area contributed by atoms with Crippen LogP contribution in [-0.4, -0.2) is 31.8 Å². The molecule has 0 aliphatic rings. The maximum Gasteiger partial charge on any atom is 0.306 e. The molecule has 0 saturated heterocycles. The summed E-state index contributed by atoms with van der Waals surface area (Å²) < 4.78 is 25.1. The van der Waals surface area contributed by atoms with E-state index in [1.165, 1.54) is 0 Å². The van der Waals surface area contributed by atoms with E-state index >= 15 is 0 Å². The van der Waals surface area contributed by atoms with E-state index in [0.29, 0.717) is 6.42 Å². The van der Waals surface area contributed by atoms with Gasteiger partial charge in [0.25, 0.3) is 0 Å². The number of hydrogen-bond donors (Lipinski definition) is 2. The van der Waals surface area contributed by atoms with E-state index in [0.717, 1.165) is 0 Å². The summed E-state index contributed by atoms with van der Waals surface area (Å²) in [6.45, 7) is 5.37. The fourth-order valence-corrected chi connectivity index (χ4v) is 2.48. The highest BCUT2D eigenvalue weighted by atomic mass is 32.2. The maximum absolute atomic E-state index is 11.3. The quantitative estimate of drug-likeness (QED) is 0.681. The lowest BCUT2D eigenvalue weighted by Crippen LogP contribution is -2.30. The van der Waals surface area contributed by atoms with E-state index < -0.39 is 21.9 Å². The van der Waals surface area contributed by atoms with Crippen molar-refractivity contribution in [2.45, 2.75) is 27.2 Å². The summed E-state index contributed by atoms with van der Waals surface area (Å²) in [7, 11) is -3.25. The van der Waals surface area contributed by atoms with Gasteiger partial charge in [-0.2, -0.15) is 0 Å². The minimum atomic E-state index is -3.25. The number of sulfonamides is 1. The van der Waals surface area contributed by atoms with Gasteiger partial charge in [-0.15, -0.1) is 0 Å². The molecule has 1 unspecified atom stereocenters. The number of carbonyl (C=O) groups is 1. The maximum atomic E-state index is 11.3. The average molecular weight is 237 g/mol. The lowest BCUT2D eigenvalue weighted by molar-refractivity contribution is -0.141. The third-order valence-corrected chi connectivity index (χ3v) is 3.62. The van der Waals surface area contributed by atoms with Gasteiger partial charge in [-0.1, -0.05) is 20.8 Å². The van der Waals surface area contributed by atoms with Crippen LogP contribution < -0.4 is 4.72 Å². The van der Waals surface area contributed by atoms with Gasteiger partial charge in [0.2, 0.25) is 10.0 Å². The molecule has 0 aliphatic heterocycles. The standard InChI is InChI=1S/C9H19NO4S/c1-7(2)6-15(13,14)10-5-4-8(3)9(11)12/h7-8,10H,4-6H2,1-3H3,(H,11,12). The Labute approximate surface area is 90.9 Å². The Morgan fingerprint density at radius 3 is 2.27 bits per heavy atom. The van der Waals surface area contributed by atoms with E-state index in [1.54, 1.807) is 6.92 Å². The summed E-state index contributed by atoms with van der Waals surface area (Å²) in [5, 5.41) is 8.58. The topological polar surface area (TPSA) is 83.5 Å². The number of rotatable bonds is 7. The summed E-state index contributed by atoms with van der Waals surface area (Å²) >= 11 is 0. The van der Waals surface area contributed by atoms with Gasteiger partial charge in [0.15, 0.2) is 0 Å². The van der Waals surface area contributed by atoms with Crippen LogP contribution in [0.15, 0.2) is 0 Å². The molecule has 0 fully saturated rings. The van der Waals surface area contributed by atoms with Crippen LogP contribution in [0.3, 0.4) is 0 Å². The molecule has 1 atom stereocenters. The third-order valence-electron chi connectivity index (χ3n) is 1.87. The SMILES string of the molecule is CC(C)CS(=O)(=O)NCCC(C)C(=O)O. The van der Waals surface area contributed by atoms with Gasteiger partial charge in [0, 0.05) is 6.54 Å². The van der Waals surface area contributed by atoms with Crippen molar-refractivity contribution in [2.24, 2.45) is 11.8 Å². The number of carboxylic acid groups (broad SMARTS) is 1. The number of carboxylic acids is 1. The second-order valence-electron chi connectivity index (χ2n) is 4.10. The number of hydrogen-bond acceptors (Lipinski definition) is 3. The van der Waals surface area contributed by atoms with Gasteiger partial charge >= 0.3 is 5.97 Å². The molecule has 0 heterocycles. The largest absolute Gasteiger partial charge is 0.481 e. The van der Waals surface area contributed by atoms with Gasteiger partial charge in [0.05, 0.1) is 11.7 Å². The van der Waals surface area contributed by atoms with E-state index in [1.807, 2.05) is 13.8 Å².